The number of benzene rings is 2. The van der Waals surface area contributed by atoms with Crippen LogP contribution in [0.4, 0.5) is 0 Å². The van der Waals surface area contributed by atoms with Crippen molar-refractivity contribution in [3.63, 3.8) is 0 Å². The molecule has 0 saturated carbocycles. The van der Waals surface area contributed by atoms with Crippen LogP contribution in [-0.2, 0) is 19.8 Å². The number of hydrogen-bond acceptors (Lipinski definition) is 8. The van der Waals surface area contributed by atoms with Gasteiger partial charge in [-0.2, -0.15) is 10.2 Å². The largest absolute Gasteiger partial charge is 0.457 e. The quantitative estimate of drug-likeness (QED) is 0.694. The molecule has 0 amide bonds. The van der Waals surface area contributed by atoms with Crippen LogP contribution in [0.25, 0.3) is 0 Å². The molecule has 0 aliphatic carbocycles. The highest BCUT2D eigenvalue weighted by molar-refractivity contribution is 7.89. The van der Waals surface area contributed by atoms with Crippen molar-refractivity contribution in [2.45, 2.75) is 11.1 Å². The summed E-state index contributed by atoms with van der Waals surface area (Å²) in [6.07, 6.45) is -0.631. The molecule has 3 N–H and O–H groups in total. The molecule has 10 heteroatoms. The number of nitrogens with one attached hydrogen (secondary N) is 3. The van der Waals surface area contributed by atoms with Crippen LogP contribution in [-0.4, -0.2) is 21.2 Å². The Kier molecular flexibility index (Phi) is 5.25. The maximum absolute atomic E-state index is 12.2. The average molecular weight is 362 g/mol. The molecule has 1 atom stereocenters. The topological polar surface area (TPSA) is 122 Å². The molecule has 1 unspecified atom stereocenters. The zero-order valence-corrected chi connectivity index (χ0v) is 13.6. The van der Waals surface area contributed by atoms with Crippen molar-refractivity contribution in [3.8, 4) is 17.6 Å². The minimum Gasteiger partial charge on any atom is -0.457 e. The highest BCUT2D eigenvalue weighted by Gasteiger charge is 2.20. The van der Waals surface area contributed by atoms with Crippen molar-refractivity contribution >= 4 is 10.0 Å². The highest BCUT2D eigenvalue weighted by atomic mass is 32.2. The van der Waals surface area contributed by atoms with E-state index in [0.29, 0.717) is 17.1 Å². The molecule has 1 heterocycles. The van der Waals surface area contributed by atoms with Crippen LogP contribution >= 0.6 is 0 Å². The Balaban J connectivity index is 1.63. The highest BCUT2D eigenvalue weighted by Crippen LogP contribution is 2.23. The van der Waals surface area contributed by atoms with E-state index in [1.54, 1.807) is 36.4 Å². The van der Waals surface area contributed by atoms with Crippen LogP contribution < -0.4 is 20.6 Å². The molecule has 0 spiro atoms. The monoisotopic (exact) mass is 362 g/mol. The van der Waals surface area contributed by atoms with E-state index in [1.165, 1.54) is 12.1 Å². The number of nitriles is 1. The average Bonchev–Trinajstić information content (AvgIpc) is 3.15. The second-order valence-electron chi connectivity index (χ2n) is 4.97. The first-order valence-electron chi connectivity index (χ1n) is 7.16. The van der Waals surface area contributed by atoms with Gasteiger partial charge in [0.2, 0.25) is 10.0 Å². The van der Waals surface area contributed by atoms with Crippen LogP contribution in [0.1, 0.15) is 5.56 Å². The summed E-state index contributed by atoms with van der Waals surface area (Å²) >= 11 is 0. The van der Waals surface area contributed by atoms with Gasteiger partial charge in [0.25, 0.3) is 0 Å². The fourth-order valence-electron chi connectivity index (χ4n) is 1.97. The van der Waals surface area contributed by atoms with Crippen molar-refractivity contribution in [2.75, 3.05) is 6.54 Å². The summed E-state index contributed by atoms with van der Waals surface area (Å²) in [5, 5.41) is 8.76. The molecule has 2 aromatic rings. The Morgan fingerprint density at radius 1 is 1.12 bits per heavy atom. The SMILES string of the molecule is N#Cc1ccc(Oc2ccc(S(=O)(=O)NCC3NONO3)cc2)cc1. The van der Waals surface area contributed by atoms with E-state index in [2.05, 4.69) is 20.8 Å². The van der Waals surface area contributed by atoms with E-state index in [0.717, 1.165) is 0 Å². The van der Waals surface area contributed by atoms with Crippen LogP contribution in [0.3, 0.4) is 0 Å². The number of hydroxylamine groups is 1. The summed E-state index contributed by atoms with van der Waals surface area (Å²) in [5.41, 5.74) is 5.06. The van der Waals surface area contributed by atoms with Gasteiger partial charge in [-0.05, 0) is 48.5 Å². The first-order chi connectivity index (χ1) is 12.1. The number of ether oxygens (including phenoxy) is 1. The summed E-state index contributed by atoms with van der Waals surface area (Å²) in [6.45, 7) is -0.0151. The smallest absolute Gasteiger partial charge is 0.240 e. The molecule has 0 bridgehead atoms. The van der Waals surface area contributed by atoms with E-state index in [1.807, 2.05) is 6.07 Å². The molecule has 1 aliphatic heterocycles. The molecule has 3 rings (SSSR count). The van der Waals surface area contributed by atoms with Crippen LogP contribution in [0.5, 0.6) is 11.5 Å². The van der Waals surface area contributed by atoms with Gasteiger partial charge in [-0.15, -0.1) is 5.48 Å². The maximum Gasteiger partial charge on any atom is 0.240 e. The molecular formula is C15H14N4O5S. The number of hydrogen-bond donors (Lipinski definition) is 3. The van der Waals surface area contributed by atoms with Crippen molar-refractivity contribution < 1.29 is 22.9 Å². The summed E-state index contributed by atoms with van der Waals surface area (Å²) in [4.78, 5) is 9.45. The van der Waals surface area contributed by atoms with E-state index in [9.17, 15) is 8.42 Å². The Morgan fingerprint density at radius 2 is 1.76 bits per heavy atom. The van der Waals surface area contributed by atoms with Crippen molar-refractivity contribution in [1.29, 1.82) is 5.26 Å². The van der Waals surface area contributed by atoms with Crippen LogP contribution in [0.2, 0.25) is 0 Å². The van der Waals surface area contributed by atoms with Crippen LogP contribution in [0.15, 0.2) is 53.4 Å². The first kappa shape index (κ1) is 17.3. The van der Waals surface area contributed by atoms with Gasteiger partial charge in [0.15, 0.2) is 6.23 Å². The number of rotatable bonds is 6. The van der Waals surface area contributed by atoms with Gasteiger partial charge in [-0.3, -0.25) is 4.84 Å². The second kappa shape index (κ2) is 7.58. The zero-order chi connectivity index (χ0) is 17.7. The van der Waals surface area contributed by atoms with Crippen LogP contribution in [0, 0.1) is 11.3 Å². The lowest BCUT2D eigenvalue weighted by atomic mass is 10.2. The third kappa shape index (κ3) is 4.52. The Labute approximate surface area is 144 Å². The molecule has 130 valence electrons. The molecule has 0 aromatic heterocycles. The summed E-state index contributed by atoms with van der Waals surface area (Å²) in [6, 6.07) is 14.6. The predicted octanol–water partition coefficient (Wildman–Crippen LogP) is 0.926. The minimum absolute atomic E-state index is 0.0151. The van der Waals surface area contributed by atoms with Gasteiger partial charge in [0, 0.05) is 0 Å². The van der Waals surface area contributed by atoms with Crippen molar-refractivity contribution in [2.24, 2.45) is 0 Å². The molecule has 25 heavy (non-hydrogen) atoms. The minimum atomic E-state index is -3.69. The van der Waals surface area contributed by atoms with Gasteiger partial charge < -0.3 is 4.74 Å². The molecule has 1 saturated heterocycles. The summed E-state index contributed by atoms with van der Waals surface area (Å²) in [5.74, 6) is 1.02. The van der Waals surface area contributed by atoms with E-state index >= 15 is 0 Å². The molecule has 1 fully saturated rings. The van der Waals surface area contributed by atoms with E-state index in [4.69, 9.17) is 14.8 Å². The normalized spacial score (nSPS) is 17.2. The first-order valence-corrected chi connectivity index (χ1v) is 8.65. The van der Waals surface area contributed by atoms with Gasteiger partial charge in [0.05, 0.1) is 23.1 Å². The Bertz CT molecular complexity index is 856. The lowest BCUT2D eigenvalue weighted by Gasteiger charge is -2.10. The number of nitrogens with zero attached hydrogens (tertiary/aromatic N) is 1. The van der Waals surface area contributed by atoms with Gasteiger partial charge in [-0.1, -0.05) is 5.64 Å². The van der Waals surface area contributed by atoms with Gasteiger partial charge in [0.1, 0.15) is 11.5 Å². The number of sulfonamides is 1. The molecule has 0 radical (unpaired) electrons. The molecular weight excluding hydrogens is 348 g/mol. The predicted molar refractivity (Wildman–Crippen MR) is 85.1 cm³/mol. The lowest BCUT2D eigenvalue weighted by Crippen LogP contribution is -2.37. The van der Waals surface area contributed by atoms with Crippen molar-refractivity contribution in [3.05, 3.63) is 54.1 Å². The summed E-state index contributed by atoms with van der Waals surface area (Å²) in [7, 11) is -3.69. The molecule has 2 aromatic carbocycles. The Hall–Kier alpha value is -2.52. The maximum atomic E-state index is 12.2. The lowest BCUT2D eigenvalue weighted by molar-refractivity contribution is -0.0960. The third-order valence-corrected chi connectivity index (χ3v) is 4.67. The fourth-order valence-corrected chi connectivity index (χ4v) is 3.00. The zero-order valence-electron chi connectivity index (χ0n) is 12.8. The fraction of sp³-hybridized carbons (Fsp3) is 0.133. The summed E-state index contributed by atoms with van der Waals surface area (Å²) < 4.78 is 32.4. The van der Waals surface area contributed by atoms with Crippen molar-refractivity contribution in [1.82, 2.24) is 15.8 Å². The van der Waals surface area contributed by atoms with E-state index < -0.39 is 16.3 Å². The second-order valence-corrected chi connectivity index (χ2v) is 6.74. The molecule has 9 nitrogen and oxygen atoms in total. The van der Waals surface area contributed by atoms with E-state index in [-0.39, 0.29) is 11.4 Å². The Morgan fingerprint density at radius 3 is 2.32 bits per heavy atom. The standard InChI is InChI=1S/C15H14N4O5S/c16-9-11-1-3-12(4-2-11)22-13-5-7-14(8-6-13)25(20,21)17-10-15-18-24-19-23-15/h1-8,15,17-19H,10H2. The third-order valence-electron chi connectivity index (χ3n) is 3.23. The van der Waals surface area contributed by atoms with Gasteiger partial charge in [-0.25, -0.2) is 13.1 Å². The van der Waals surface area contributed by atoms with Gasteiger partial charge >= 0.3 is 0 Å². The molecule has 1 aliphatic rings.